The van der Waals surface area contributed by atoms with Crippen LogP contribution in [0, 0.1) is 0 Å². The van der Waals surface area contributed by atoms with Gasteiger partial charge in [-0.25, -0.2) is 0 Å². The molecule has 112 valence electrons. The van der Waals surface area contributed by atoms with E-state index in [0.29, 0.717) is 26.2 Å². The zero-order valence-corrected chi connectivity index (χ0v) is 12.3. The normalized spacial score (nSPS) is 25.3. The van der Waals surface area contributed by atoms with E-state index >= 15 is 0 Å². The Kier molecular flexibility index (Phi) is 5.98. The van der Waals surface area contributed by atoms with Crippen molar-refractivity contribution in [3.8, 4) is 0 Å². The van der Waals surface area contributed by atoms with E-state index in [1.807, 2.05) is 6.08 Å². The molecular weight excluding hydrogens is 256 g/mol. The molecule has 0 saturated carbocycles. The highest BCUT2D eigenvalue weighted by Gasteiger charge is 2.43. The van der Waals surface area contributed by atoms with E-state index in [1.54, 1.807) is 14.2 Å². The molecule has 0 spiro atoms. The average Bonchev–Trinajstić information content (AvgIpc) is 2.77. The van der Waals surface area contributed by atoms with Gasteiger partial charge in [-0.05, 0) is 12.8 Å². The lowest BCUT2D eigenvalue weighted by atomic mass is 10.0. The summed E-state index contributed by atoms with van der Waals surface area (Å²) in [6.45, 7) is 1.80. The lowest BCUT2D eigenvalue weighted by Gasteiger charge is -2.40. The number of hydrogen-bond acceptors (Lipinski definition) is 4. The fourth-order valence-electron chi connectivity index (χ4n) is 2.56. The summed E-state index contributed by atoms with van der Waals surface area (Å²) < 4.78 is 22.5. The summed E-state index contributed by atoms with van der Waals surface area (Å²) in [6, 6.07) is 0. The van der Waals surface area contributed by atoms with Crippen molar-refractivity contribution in [1.29, 1.82) is 0 Å². The van der Waals surface area contributed by atoms with Gasteiger partial charge in [0.15, 0.2) is 5.79 Å². The summed E-state index contributed by atoms with van der Waals surface area (Å²) in [6.07, 6.45) is 12.9. The highest BCUT2D eigenvalue weighted by molar-refractivity contribution is 5.23. The topological polar surface area (TPSA) is 36.9 Å². The maximum atomic E-state index is 5.96. The fraction of sp³-hybridized carbons (Fsp3) is 0.625. The van der Waals surface area contributed by atoms with E-state index in [1.165, 1.54) is 5.57 Å². The van der Waals surface area contributed by atoms with Crippen molar-refractivity contribution < 1.29 is 18.9 Å². The van der Waals surface area contributed by atoms with Crippen LogP contribution >= 0.6 is 0 Å². The van der Waals surface area contributed by atoms with Crippen LogP contribution in [0.4, 0.5) is 0 Å². The minimum absolute atomic E-state index is 0.177. The predicted octanol–water partition coefficient (Wildman–Crippen LogP) is 2.61. The summed E-state index contributed by atoms with van der Waals surface area (Å²) in [4.78, 5) is 0. The van der Waals surface area contributed by atoms with Gasteiger partial charge in [-0.15, -0.1) is 0 Å². The van der Waals surface area contributed by atoms with Crippen molar-refractivity contribution in [3.05, 3.63) is 36.0 Å². The third-order valence-corrected chi connectivity index (χ3v) is 3.86. The quantitative estimate of drug-likeness (QED) is 0.701. The van der Waals surface area contributed by atoms with Crippen LogP contribution in [0.2, 0.25) is 0 Å². The number of allylic oxidation sites excluding steroid dienone is 5. The Morgan fingerprint density at radius 3 is 2.90 bits per heavy atom. The van der Waals surface area contributed by atoms with Crippen molar-refractivity contribution in [2.45, 2.75) is 31.2 Å². The molecular formula is C16H24O4. The Labute approximate surface area is 121 Å². The third-order valence-electron chi connectivity index (χ3n) is 3.86. The molecule has 2 rings (SSSR count). The molecule has 1 heterocycles. The van der Waals surface area contributed by atoms with Crippen LogP contribution in [0.3, 0.4) is 0 Å². The average molecular weight is 280 g/mol. The van der Waals surface area contributed by atoms with Gasteiger partial charge in [0.25, 0.3) is 0 Å². The van der Waals surface area contributed by atoms with Crippen LogP contribution in [0.1, 0.15) is 19.3 Å². The highest BCUT2D eigenvalue weighted by atomic mass is 16.7. The van der Waals surface area contributed by atoms with Crippen molar-refractivity contribution in [2.24, 2.45) is 0 Å². The minimum atomic E-state index is -0.671. The smallest absolute Gasteiger partial charge is 0.198 e. The Morgan fingerprint density at radius 1 is 1.25 bits per heavy atom. The highest BCUT2D eigenvalue weighted by Crippen LogP contribution is 2.28. The van der Waals surface area contributed by atoms with Crippen LogP contribution in [0.25, 0.3) is 0 Å². The molecule has 0 radical (unpaired) electrons. The second-order valence-electron chi connectivity index (χ2n) is 5.00. The largest absolute Gasteiger partial charge is 0.378 e. The Bertz CT molecular complexity index is 380. The molecule has 0 aromatic carbocycles. The van der Waals surface area contributed by atoms with Gasteiger partial charge in [-0.1, -0.05) is 36.0 Å². The Morgan fingerprint density at radius 2 is 2.10 bits per heavy atom. The molecule has 2 aliphatic rings. The number of ether oxygens (including phenoxy) is 4. The van der Waals surface area contributed by atoms with Gasteiger partial charge < -0.3 is 18.9 Å². The maximum Gasteiger partial charge on any atom is 0.198 e. The molecule has 0 aromatic heterocycles. The van der Waals surface area contributed by atoms with Gasteiger partial charge in [0, 0.05) is 20.6 Å². The predicted molar refractivity (Wildman–Crippen MR) is 77.5 cm³/mol. The van der Waals surface area contributed by atoms with Gasteiger partial charge in [0.05, 0.1) is 19.8 Å². The molecule has 1 atom stereocenters. The van der Waals surface area contributed by atoms with E-state index in [0.717, 1.165) is 12.8 Å². The molecule has 1 unspecified atom stereocenters. The number of hydrogen-bond donors (Lipinski definition) is 0. The molecule has 0 N–H and O–H groups in total. The molecule has 1 saturated heterocycles. The maximum absolute atomic E-state index is 5.96. The zero-order valence-electron chi connectivity index (χ0n) is 12.3. The molecule has 20 heavy (non-hydrogen) atoms. The molecule has 1 aliphatic carbocycles. The van der Waals surface area contributed by atoms with Crippen LogP contribution < -0.4 is 0 Å². The summed E-state index contributed by atoms with van der Waals surface area (Å²) >= 11 is 0. The number of rotatable bonds is 6. The van der Waals surface area contributed by atoms with Crippen molar-refractivity contribution in [3.63, 3.8) is 0 Å². The SMILES string of the molecule is COC1(OC)CCOCC1OCCC1=CC=CC=CC1. The molecule has 0 aromatic rings. The van der Waals surface area contributed by atoms with Crippen molar-refractivity contribution in [2.75, 3.05) is 34.0 Å². The molecule has 1 aliphatic heterocycles. The van der Waals surface area contributed by atoms with Gasteiger partial charge in [0.2, 0.25) is 0 Å². The second kappa shape index (κ2) is 7.74. The second-order valence-corrected chi connectivity index (χ2v) is 5.00. The lowest BCUT2D eigenvalue weighted by Crippen LogP contribution is -2.53. The van der Waals surface area contributed by atoms with Crippen LogP contribution in [0.5, 0.6) is 0 Å². The Balaban J connectivity index is 1.84. The van der Waals surface area contributed by atoms with Crippen molar-refractivity contribution >= 4 is 0 Å². The first-order valence-corrected chi connectivity index (χ1v) is 7.11. The monoisotopic (exact) mass is 280 g/mol. The molecule has 4 heteroatoms. The first-order valence-electron chi connectivity index (χ1n) is 7.11. The third kappa shape index (κ3) is 3.79. The van der Waals surface area contributed by atoms with Crippen LogP contribution in [-0.4, -0.2) is 45.9 Å². The summed E-state index contributed by atoms with van der Waals surface area (Å²) in [5, 5.41) is 0. The molecule has 0 amide bonds. The fourth-order valence-corrected chi connectivity index (χ4v) is 2.56. The first-order chi connectivity index (χ1) is 9.80. The van der Waals surface area contributed by atoms with Crippen molar-refractivity contribution in [1.82, 2.24) is 0 Å². The van der Waals surface area contributed by atoms with Crippen LogP contribution in [-0.2, 0) is 18.9 Å². The van der Waals surface area contributed by atoms with E-state index in [4.69, 9.17) is 18.9 Å². The van der Waals surface area contributed by atoms with Gasteiger partial charge in [0.1, 0.15) is 6.10 Å². The zero-order chi connectivity index (χ0) is 14.3. The van der Waals surface area contributed by atoms with Gasteiger partial charge in [-0.3, -0.25) is 0 Å². The van der Waals surface area contributed by atoms with Crippen LogP contribution in [0.15, 0.2) is 36.0 Å². The Hall–Kier alpha value is -0.940. The molecule has 1 fully saturated rings. The molecule has 0 bridgehead atoms. The van der Waals surface area contributed by atoms with E-state index in [2.05, 4.69) is 24.3 Å². The summed E-state index contributed by atoms with van der Waals surface area (Å²) in [5.74, 6) is -0.671. The first kappa shape index (κ1) is 15.4. The standard InChI is InChI=1S/C16H24O4/c1-17-16(18-2)10-12-19-13-15(16)20-11-9-14-7-5-3-4-6-8-14/h3-7,15H,8-13H2,1-2H3. The summed E-state index contributed by atoms with van der Waals surface area (Å²) in [7, 11) is 3.32. The minimum Gasteiger partial charge on any atom is -0.378 e. The lowest BCUT2D eigenvalue weighted by molar-refractivity contribution is -0.302. The van der Waals surface area contributed by atoms with E-state index in [9.17, 15) is 0 Å². The van der Waals surface area contributed by atoms with E-state index in [-0.39, 0.29) is 6.10 Å². The number of methoxy groups -OCH3 is 2. The van der Waals surface area contributed by atoms with Gasteiger partial charge >= 0.3 is 0 Å². The summed E-state index contributed by atoms with van der Waals surface area (Å²) in [5.41, 5.74) is 1.37. The van der Waals surface area contributed by atoms with Gasteiger partial charge in [-0.2, -0.15) is 0 Å². The van der Waals surface area contributed by atoms with E-state index < -0.39 is 5.79 Å². The molecule has 4 nitrogen and oxygen atoms in total.